The number of hydrogen-bond acceptors (Lipinski definition) is 5. The van der Waals surface area contributed by atoms with E-state index in [1.54, 1.807) is 24.3 Å². The molecule has 0 aromatic heterocycles. The number of hydrogen-bond donors (Lipinski definition) is 1. The first-order valence-corrected chi connectivity index (χ1v) is 7.30. The number of nitrogens with two attached hydrogens (primary N) is 1. The number of ether oxygens (including phenoxy) is 1. The molecule has 1 aliphatic rings. The molecule has 1 fully saturated rings. The Morgan fingerprint density at radius 3 is 2.67 bits per heavy atom. The molecule has 0 aliphatic carbocycles. The number of nitrogens with zero attached hydrogens (tertiary/aromatic N) is 1. The molecule has 100 valence electrons. The quantitative estimate of drug-likeness (QED) is 0.794. The van der Waals surface area contributed by atoms with Crippen LogP contribution >= 0.6 is 0 Å². The first kappa shape index (κ1) is 13.1. The predicted molar refractivity (Wildman–Crippen MR) is 67.4 cm³/mol. The van der Waals surface area contributed by atoms with E-state index in [0.717, 1.165) is 10.9 Å². The molecule has 0 unspecified atom stereocenters. The van der Waals surface area contributed by atoms with Gasteiger partial charge in [0.05, 0.1) is 6.61 Å². The van der Waals surface area contributed by atoms with Crippen molar-refractivity contribution in [2.45, 2.75) is 6.42 Å². The summed E-state index contributed by atoms with van der Waals surface area (Å²) in [6.45, 7) is 0.967. The zero-order valence-corrected chi connectivity index (χ0v) is 10.7. The summed E-state index contributed by atoms with van der Waals surface area (Å²) >= 11 is 0. The molecule has 0 atom stereocenters. The van der Waals surface area contributed by atoms with Crippen LogP contribution in [0.4, 0.5) is 5.69 Å². The van der Waals surface area contributed by atoms with E-state index in [2.05, 4.69) is 0 Å². The van der Waals surface area contributed by atoms with Crippen LogP contribution in [-0.4, -0.2) is 38.4 Å². The lowest BCUT2D eigenvalue weighted by Gasteiger charge is -2.14. The Hall–Kier alpha value is -1.31. The van der Waals surface area contributed by atoms with Gasteiger partial charge >= 0.3 is 0 Å². The number of hydroxylamine groups is 1. The number of rotatable bonds is 5. The third-order valence-corrected chi connectivity index (χ3v) is 4.11. The van der Waals surface area contributed by atoms with Crippen LogP contribution in [0.15, 0.2) is 24.3 Å². The van der Waals surface area contributed by atoms with Crippen molar-refractivity contribution < 1.29 is 18.0 Å². The first-order valence-electron chi connectivity index (χ1n) is 5.69. The standard InChI is InChI=1S/C11H16N2O4S/c12-10-2-4-11(5-3-10)16-8-9-18(14,15)13-6-1-7-17-13/h2-5H,1,6-9,12H2. The molecule has 1 heterocycles. The lowest BCUT2D eigenvalue weighted by molar-refractivity contribution is -0.0286. The minimum absolute atomic E-state index is 0.0894. The van der Waals surface area contributed by atoms with Crippen LogP contribution in [0.2, 0.25) is 0 Å². The monoisotopic (exact) mass is 272 g/mol. The van der Waals surface area contributed by atoms with Gasteiger partial charge in [-0.1, -0.05) is 4.47 Å². The van der Waals surface area contributed by atoms with Crippen molar-refractivity contribution in [3.8, 4) is 5.75 Å². The van der Waals surface area contributed by atoms with Crippen LogP contribution in [0.25, 0.3) is 0 Å². The zero-order chi connectivity index (χ0) is 13.0. The van der Waals surface area contributed by atoms with Crippen LogP contribution in [0.3, 0.4) is 0 Å². The summed E-state index contributed by atoms with van der Waals surface area (Å²) in [6.07, 6.45) is 0.734. The smallest absolute Gasteiger partial charge is 0.239 e. The molecule has 0 amide bonds. The molecule has 0 saturated carbocycles. The fourth-order valence-corrected chi connectivity index (χ4v) is 2.71. The summed E-state index contributed by atoms with van der Waals surface area (Å²) < 4.78 is 29.9. The third kappa shape index (κ3) is 3.34. The summed E-state index contributed by atoms with van der Waals surface area (Å²) in [5.74, 6) is 0.499. The molecule has 1 aromatic rings. The van der Waals surface area contributed by atoms with Gasteiger partial charge < -0.3 is 10.5 Å². The number of sulfonamides is 1. The molecule has 0 radical (unpaired) electrons. The van der Waals surface area contributed by atoms with Gasteiger partial charge in [-0.05, 0) is 30.7 Å². The number of benzene rings is 1. The highest BCUT2D eigenvalue weighted by molar-refractivity contribution is 7.88. The summed E-state index contributed by atoms with van der Waals surface area (Å²) in [7, 11) is -3.38. The van der Waals surface area contributed by atoms with Gasteiger partial charge in [0.2, 0.25) is 10.0 Å². The highest BCUT2D eigenvalue weighted by Crippen LogP contribution is 2.14. The molecule has 7 heteroatoms. The molecule has 18 heavy (non-hydrogen) atoms. The minimum atomic E-state index is -3.38. The molecule has 1 saturated heterocycles. The van der Waals surface area contributed by atoms with Gasteiger partial charge in [-0.3, -0.25) is 4.84 Å². The van der Waals surface area contributed by atoms with Crippen molar-refractivity contribution in [3.63, 3.8) is 0 Å². The van der Waals surface area contributed by atoms with Gasteiger partial charge in [0, 0.05) is 12.2 Å². The Labute approximate surface area is 106 Å². The van der Waals surface area contributed by atoms with Crippen molar-refractivity contribution in [2.24, 2.45) is 0 Å². The van der Waals surface area contributed by atoms with Crippen LogP contribution < -0.4 is 10.5 Å². The second-order valence-electron chi connectivity index (χ2n) is 3.95. The molecule has 0 spiro atoms. The topological polar surface area (TPSA) is 81.9 Å². The van der Waals surface area contributed by atoms with E-state index in [9.17, 15) is 8.42 Å². The normalized spacial score (nSPS) is 16.9. The minimum Gasteiger partial charge on any atom is -0.492 e. The maximum atomic E-state index is 11.8. The molecule has 2 N–H and O–H groups in total. The molecular formula is C11H16N2O4S. The van der Waals surface area contributed by atoms with Gasteiger partial charge in [0.1, 0.15) is 18.1 Å². The van der Waals surface area contributed by atoms with E-state index in [1.165, 1.54) is 0 Å². The van der Waals surface area contributed by atoms with Crippen LogP contribution in [0.1, 0.15) is 6.42 Å². The van der Waals surface area contributed by atoms with Crippen LogP contribution in [-0.2, 0) is 14.9 Å². The number of anilines is 1. The Kier molecular flexibility index (Phi) is 4.05. The van der Waals surface area contributed by atoms with E-state index in [0.29, 0.717) is 24.6 Å². The second-order valence-corrected chi connectivity index (χ2v) is 5.93. The van der Waals surface area contributed by atoms with Crippen molar-refractivity contribution in [2.75, 3.05) is 31.2 Å². The molecule has 0 bridgehead atoms. The van der Waals surface area contributed by atoms with E-state index >= 15 is 0 Å². The van der Waals surface area contributed by atoms with Crippen molar-refractivity contribution in [1.29, 1.82) is 0 Å². The van der Waals surface area contributed by atoms with Crippen molar-refractivity contribution in [1.82, 2.24) is 4.47 Å². The van der Waals surface area contributed by atoms with Crippen LogP contribution in [0.5, 0.6) is 5.75 Å². The molecule has 6 nitrogen and oxygen atoms in total. The largest absolute Gasteiger partial charge is 0.492 e. The van der Waals surface area contributed by atoms with Crippen molar-refractivity contribution in [3.05, 3.63) is 24.3 Å². The Morgan fingerprint density at radius 2 is 2.06 bits per heavy atom. The highest BCUT2D eigenvalue weighted by Gasteiger charge is 2.26. The second kappa shape index (κ2) is 5.55. The van der Waals surface area contributed by atoms with E-state index in [4.69, 9.17) is 15.3 Å². The summed E-state index contributed by atoms with van der Waals surface area (Å²) in [4.78, 5) is 5.01. The maximum Gasteiger partial charge on any atom is 0.239 e. The first-order chi connectivity index (χ1) is 8.58. The van der Waals surface area contributed by atoms with Gasteiger partial charge in [0.15, 0.2) is 0 Å². The highest BCUT2D eigenvalue weighted by atomic mass is 32.2. The van der Waals surface area contributed by atoms with E-state index < -0.39 is 10.0 Å². The van der Waals surface area contributed by atoms with Gasteiger partial charge in [-0.2, -0.15) is 0 Å². The zero-order valence-electron chi connectivity index (χ0n) is 9.91. The van der Waals surface area contributed by atoms with E-state index in [-0.39, 0.29) is 12.4 Å². The lowest BCUT2D eigenvalue weighted by atomic mass is 10.3. The Morgan fingerprint density at radius 1 is 1.33 bits per heavy atom. The summed E-state index contributed by atoms with van der Waals surface area (Å²) in [6, 6.07) is 6.81. The Bertz CT molecular complexity index is 480. The predicted octanol–water partition coefficient (Wildman–Crippen LogP) is 0.615. The lowest BCUT2D eigenvalue weighted by Crippen LogP contribution is -2.31. The van der Waals surface area contributed by atoms with E-state index in [1.807, 2.05) is 0 Å². The maximum absolute atomic E-state index is 11.8. The van der Waals surface area contributed by atoms with Gasteiger partial charge in [-0.15, -0.1) is 0 Å². The fraction of sp³-hybridized carbons (Fsp3) is 0.455. The summed E-state index contributed by atoms with van der Waals surface area (Å²) in [5.41, 5.74) is 6.17. The Balaban J connectivity index is 1.82. The number of nitrogen functional groups attached to an aromatic ring is 1. The average molecular weight is 272 g/mol. The van der Waals surface area contributed by atoms with Gasteiger partial charge in [0.25, 0.3) is 0 Å². The average Bonchev–Trinajstić information content (AvgIpc) is 2.86. The molecular weight excluding hydrogens is 256 g/mol. The third-order valence-electron chi connectivity index (χ3n) is 2.52. The van der Waals surface area contributed by atoms with Crippen LogP contribution in [0, 0.1) is 0 Å². The van der Waals surface area contributed by atoms with Gasteiger partial charge in [-0.25, -0.2) is 8.42 Å². The molecule has 2 rings (SSSR count). The fourth-order valence-electron chi connectivity index (χ4n) is 1.57. The molecule has 1 aliphatic heterocycles. The molecule has 1 aromatic carbocycles. The SMILES string of the molecule is Nc1ccc(OCCS(=O)(=O)N2CCCO2)cc1. The van der Waals surface area contributed by atoms with Crippen molar-refractivity contribution >= 4 is 15.7 Å². The summed E-state index contributed by atoms with van der Waals surface area (Å²) in [5, 5.41) is 0.